The van der Waals surface area contributed by atoms with Gasteiger partial charge in [0.1, 0.15) is 12.4 Å². The van der Waals surface area contributed by atoms with Crippen molar-refractivity contribution in [1.82, 2.24) is 4.90 Å². The van der Waals surface area contributed by atoms with E-state index >= 15 is 0 Å². The van der Waals surface area contributed by atoms with Gasteiger partial charge in [-0.05, 0) is 23.3 Å². The molecule has 26 heavy (non-hydrogen) atoms. The average Bonchev–Trinajstić information content (AvgIpc) is 3.06. The Morgan fingerprint density at radius 2 is 1.92 bits per heavy atom. The molecule has 136 valence electrons. The van der Waals surface area contributed by atoms with Gasteiger partial charge in [-0.1, -0.05) is 52.3 Å². The molecule has 1 heterocycles. The molecule has 0 aliphatic carbocycles. The molecule has 5 nitrogen and oxygen atoms in total. The number of hydrogen-bond acceptors (Lipinski definition) is 3. The molecule has 1 fully saturated rings. The van der Waals surface area contributed by atoms with Crippen molar-refractivity contribution in [2.24, 2.45) is 5.92 Å². The fourth-order valence-corrected chi connectivity index (χ4v) is 3.46. The predicted molar refractivity (Wildman–Crippen MR) is 96.2 cm³/mol. The van der Waals surface area contributed by atoms with Gasteiger partial charge in [0.15, 0.2) is 0 Å². The number of aliphatic carboxylic acids is 1. The molecule has 0 bridgehead atoms. The summed E-state index contributed by atoms with van der Waals surface area (Å²) in [7, 11) is 0. The van der Waals surface area contributed by atoms with Gasteiger partial charge in [0, 0.05) is 23.5 Å². The van der Waals surface area contributed by atoms with Crippen LogP contribution in [-0.2, 0) is 16.1 Å². The minimum absolute atomic E-state index is 0.0108. The molecule has 1 aliphatic rings. The number of rotatable bonds is 4. The van der Waals surface area contributed by atoms with Gasteiger partial charge >= 0.3 is 12.1 Å². The van der Waals surface area contributed by atoms with Gasteiger partial charge < -0.3 is 14.7 Å². The summed E-state index contributed by atoms with van der Waals surface area (Å²) in [5, 5.41) is 9.49. The third-order valence-electron chi connectivity index (χ3n) is 4.46. The Hall–Kier alpha value is -2.41. The zero-order valence-electron chi connectivity index (χ0n) is 13.8. The minimum atomic E-state index is -1.06. The van der Waals surface area contributed by atoms with E-state index in [0.29, 0.717) is 10.0 Å². The van der Waals surface area contributed by atoms with Crippen molar-refractivity contribution in [2.45, 2.75) is 12.5 Å². The Morgan fingerprint density at radius 3 is 2.58 bits per heavy atom. The van der Waals surface area contributed by atoms with Crippen LogP contribution < -0.4 is 0 Å². The second-order valence-corrected chi connectivity index (χ2v) is 7.08. The molecule has 0 saturated carbocycles. The summed E-state index contributed by atoms with van der Waals surface area (Å²) in [6.07, 6.45) is -0.597. The fraction of sp³-hybridized carbons (Fsp3) is 0.263. The molecule has 2 atom stereocenters. The van der Waals surface area contributed by atoms with Crippen LogP contribution in [0.1, 0.15) is 17.0 Å². The molecule has 2 aromatic rings. The van der Waals surface area contributed by atoms with Crippen molar-refractivity contribution in [3.8, 4) is 0 Å². The summed E-state index contributed by atoms with van der Waals surface area (Å²) in [6, 6.07) is 13.7. The number of carboxylic acids is 1. The van der Waals surface area contributed by atoms with E-state index in [9.17, 15) is 19.1 Å². The summed E-state index contributed by atoms with van der Waals surface area (Å²) in [5.74, 6) is -3.05. The molecular formula is C19H17BrFNO4. The number of benzene rings is 2. The highest BCUT2D eigenvalue weighted by Crippen LogP contribution is 2.35. The van der Waals surface area contributed by atoms with Gasteiger partial charge in [0.05, 0.1) is 5.92 Å². The minimum Gasteiger partial charge on any atom is -0.481 e. The summed E-state index contributed by atoms with van der Waals surface area (Å²) in [5.41, 5.74) is 1.13. The normalized spacial score (nSPS) is 19.4. The van der Waals surface area contributed by atoms with E-state index in [-0.39, 0.29) is 19.7 Å². The quantitative estimate of drug-likeness (QED) is 0.809. The van der Waals surface area contributed by atoms with Crippen molar-refractivity contribution < 1.29 is 23.8 Å². The first-order chi connectivity index (χ1) is 12.5. The van der Waals surface area contributed by atoms with Crippen molar-refractivity contribution in [3.63, 3.8) is 0 Å². The lowest BCUT2D eigenvalue weighted by Crippen LogP contribution is -2.30. The van der Waals surface area contributed by atoms with Crippen LogP contribution in [-0.4, -0.2) is 35.2 Å². The predicted octanol–water partition coefficient (Wildman–Crippen LogP) is 4.03. The first kappa shape index (κ1) is 18.4. The molecule has 1 aliphatic heterocycles. The van der Waals surface area contributed by atoms with Crippen LogP contribution >= 0.6 is 15.9 Å². The molecular weight excluding hydrogens is 405 g/mol. The van der Waals surface area contributed by atoms with Gasteiger partial charge in [-0.15, -0.1) is 0 Å². The summed E-state index contributed by atoms with van der Waals surface area (Å²) >= 11 is 3.19. The number of carbonyl (C=O) groups is 2. The van der Waals surface area contributed by atoms with Crippen LogP contribution in [0.15, 0.2) is 53.0 Å². The number of likely N-dealkylation sites (tertiary alicyclic amines) is 1. The van der Waals surface area contributed by atoms with Crippen LogP contribution in [0.4, 0.5) is 9.18 Å². The molecule has 0 radical (unpaired) electrons. The molecule has 7 heteroatoms. The highest BCUT2D eigenvalue weighted by Gasteiger charge is 2.42. The molecule has 0 unspecified atom stereocenters. The Morgan fingerprint density at radius 1 is 1.19 bits per heavy atom. The van der Waals surface area contributed by atoms with Crippen LogP contribution in [0.5, 0.6) is 0 Å². The molecule has 0 aromatic heterocycles. The summed E-state index contributed by atoms with van der Waals surface area (Å²) in [6.45, 7) is 0.192. The molecule has 3 rings (SSSR count). The molecule has 1 N–H and O–H groups in total. The van der Waals surface area contributed by atoms with E-state index in [0.717, 1.165) is 5.56 Å². The van der Waals surface area contributed by atoms with Crippen LogP contribution in [0, 0.1) is 11.7 Å². The molecule has 1 saturated heterocycles. The van der Waals surface area contributed by atoms with Crippen molar-refractivity contribution in [1.29, 1.82) is 0 Å². The van der Waals surface area contributed by atoms with Gasteiger partial charge in [-0.3, -0.25) is 4.79 Å². The molecule has 0 spiro atoms. The Bertz CT molecular complexity index is 814. The van der Waals surface area contributed by atoms with Gasteiger partial charge in [-0.2, -0.15) is 0 Å². The number of hydrogen-bond donors (Lipinski definition) is 1. The smallest absolute Gasteiger partial charge is 0.410 e. The van der Waals surface area contributed by atoms with E-state index in [2.05, 4.69) is 15.9 Å². The van der Waals surface area contributed by atoms with E-state index in [1.54, 1.807) is 12.1 Å². The van der Waals surface area contributed by atoms with Gasteiger partial charge in [0.25, 0.3) is 0 Å². The topological polar surface area (TPSA) is 66.8 Å². The zero-order valence-corrected chi connectivity index (χ0v) is 15.4. The van der Waals surface area contributed by atoms with E-state index < -0.39 is 29.7 Å². The highest BCUT2D eigenvalue weighted by molar-refractivity contribution is 9.10. The Labute approximate surface area is 158 Å². The van der Waals surface area contributed by atoms with Gasteiger partial charge in [-0.25, -0.2) is 9.18 Å². The number of ether oxygens (including phenoxy) is 1. The van der Waals surface area contributed by atoms with Crippen LogP contribution in [0.25, 0.3) is 0 Å². The summed E-state index contributed by atoms with van der Waals surface area (Å²) in [4.78, 5) is 25.2. The maximum atomic E-state index is 14.3. The van der Waals surface area contributed by atoms with Crippen molar-refractivity contribution in [3.05, 3.63) is 69.9 Å². The zero-order chi connectivity index (χ0) is 18.7. The third-order valence-corrected chi connectivity index (χ3v) is 4.96. The summed E-state index contributed by atoms with van der Waals surface area (Å²) < 4.78 is 20.1. The lowest BCUT2D eigenvalue weighted by Gasteiger charge is -2.17. The SMILES string of the molecule is O=C(O)[C@@H]1CN(C(=O)OCc2ccccc2)C[C@H]1c1ccc(Br)cc1F. The second kappa shape index (κ2) is 7.86. The first-order valence-electron chi connectivity index (χ1n) is 8.09. The Balaban J connectivity index is 1.72. The standard InChI is InChI=1S/C19H17BrFNO4/c20-13-6-7-14(17(21)8-13)15-9-22(10-16(15)18(23)24)19(25)26-11-12-4-2-1-3-5-12/h1-8,15-16H,9-11H2,(H,23,24)/t15-,16+/m0/s1. The van der Waals surface area contributed by atoms with Gasteiger partial charge in [0.2, 0.25) is 0 Å². The number of halogens is 2. The highest BCUT2D eigenvalue weighted by atomic mass is 79.9. The van der Waals surface area contributed by atoms with Crippen LogP contribution in [0.3, 0.4) is 0 Å². The van der Waals surface area contributed by atoms with E-state index in [1.165, 1.54) is 11.0 Å². The maximum absolute atomic E-state index is 14.3. The van der Waals surface area contributed by atoms with Crippen molar-refractivity contribution in [2.75, 3.05) is 13.1 Å². The average molecular weight is 422 g/mol. The number of nitrogens with zero attached hydrogens (tertiary/aromatic N) is 1. The first-order valence-corrected chi connectivity index (χ1v) is 8.88. The lowest BCUT2D eigenvalue weighted by molar-refractivity contribution is -0.141. The largest absolute Gasteiger partial charge is 0.481 e. The van der Waals surface area contributed by atoms with E-state index in [4.69, 9.17) is 4.74 Å². The monoisotopic (exact) mass is 421 g/mol. The van der Waals surface area contributed by atoms with Crippen LogP contribution in [0.2, 0.25) is 0 Å². The second-order valence-electron chi connectivity index (χ2n) is 6.16. The molecule has 2 aromatic carbocycles. The fourth-order valence-electron chi connectivity index (χ4n) is 3.13. The lowest BCUT2D eigenvalue weighted by atomic mass is 9.89. The number of carbonyl (C=O) groups excluding carboxylic acids is 1. The third kappa shape index (κ3) is 4.04. The maximum Gasteiger partial charge on any atom is 0.410 e. The van der Waals surface area contributed by atoms with E-state index in [1.807, 2.05) is 30.3 Å². The Kier molecular flexibility index (Phi) is 5.56. The molecule has 1 amide bonds. The van der Waals surface area contributed by atoms with Crippen molar-refractivity contribution >= 4 is 28.0 Å². The number of carboxylic acid groups (broad SMARTS) is 1. The number of amides is 1.